The van der Waals surface area contributed by atoms with Gasteiger partial charge in [-0.15, -0.1) is 0 Å². The van der Waals surface area contributed by atoms with E-state index in [0.29, 0.717) is 6.54 Å². The van der Waals surface area contributed by atoms with Crippen LogP contribution in [0.2, 0.25) is 5.02 Å². The Morgan fingerprint density at radius 3 is 2.34 bits per heavy atom. The van der Waals surface area contributed by atoms with Gasteiger partial charge in [0.15, 0.2) is 0 Å². The van der Waals surface area contributed by atoms with Crippen molar-refractivity contribution in [3.8, 4) is 5.75 Å². The molecular weight excluding hydrogens is 608 g/mol. The van der Waals surface area contributed by atoms with Crippen molar-refractivity contribution in [2.24, 2.45) is 5.92 Å². The summed E-state index contributed by atoms with van der Waals surface area (Å²) in [6.07, 6.45) is 0.264. The number of halogens is 1. The van der Waals surface area contributed by atoms with E-state index < -0.39 is 44.0 Å². The van der Waals surface area contributed by atoms with Gasteiger partial charge in [0.2, 0.25) is 11.8 Å². The molecule has 0 aliphatic rings. The van der Waals surface area contributed by atoms with E-state index in [0.717, 1.165) is 15.9 Å². The molecule has 3 aromatic carbocycles. The molecule has 0 aliphatic carbocycles. The number of hydrogen-bond donors (Lipinski definition) is 1. The third-order valence-corrected chi connectivity index (χ3v) is 8.91. The standard InChI is InChI=1S/C31H37ClN4O7S/c1-6-26(31(38)33-18-21(2)3)34(19-23-10-8-7-9-11-23)30(37)20-35(28-16-24(32)13-15-29(28)43-5)44(41,42)25-14-12-22(4)27(17-25)36(39)40/h7-17,21,26H,6,18-20H2,1-5H3,(H,33,38)/t26-/m0/s1. The van der Waals surface area contributed by atoms with Crippen molar-refractivity contribution >= 4 is 44.8 Å². The molecule has 236 valence electrons. The fraction of sp³-hybridized carbons (Fsp3) is 0.355. The molecule has 13 heteroatoms. The van der Waals surface area contributed by atoms with E-state index in [1.54, 1.807) is 31.2 Å². The average Bonchev–Trinajstić information content (AvgIpc) is 2.98. The fourth-order valence-electron chi connectivity index (χ4n) is 4.57. The first-order chi connectivity index (χ1) is 20.8. The van der Waals surface area contributed by atoms with E-state index >= 15 is 0 Å². The van der Waals surface area contributed by atoms with Gasteiger partial charge in [-0.2, -0.15) is 0 Å². The molecule has 0 fully saturated rings. The number of rotatable bonds is 14. The number of ether oxygens (including phenoxy) is 1. The highest BCUT2D eigenvalue weighted by Crippen LogP contribution is 2.36. The van der Waals surface area contributed by atoms with E-state index in [4.69, 9.17) is 16.3 Å². The van der Waals surface area contributed by atoms with Crippen LogP contribution in [0.3, 0.4) is 0 Å². The van der Waals surface area contributed by atoms with Crippen molar-refractivity contribution < 1.29 is 27.7 Å². The van der Waals surface area contributed by atoms with Crippen LogP contribution in [0.15, 0.2) is 71.6 Å². The van der Waals surface area contributed by atoms with E-state index in [2.05, 4.69) is 5.32 Å². The third-order valence-electron chi connectivity index (χ3n) is 6.92. The summed E-state index contributed by atoms with van der Waals surface area (Å²) in [4.78, 5) is 39.5. The molecule has 0 spiro atoms. The number of amides is 2. The highest BCUT2D eigenvalue weighted by molar-refractivity contribution is 7.92. The van der Waals surface area contributed by atoms with Crippen molar-refractivity contribution in [3.05, 3.63) is 93.0 Å². The van der Waals surface area contributed by atoms with Crippen LogP contribution in [-0.4, -0.2) is 56.3 Å². The minimum atomic E-state index is -4.61. The topological polar surface area (TPSA) is 139 Å². The van der Waals surface area contributed by atoms with E-state index in [1.807, 2.05) is 19.9 Å². The molecule has 11 nitrogen and oxygen atoms in total. The molecule has 44 heavy (non-hydrogen) atoms. The fourth-order valence-corrected chi connectivity index (χ4v) is 6.17. The zero-order valence-corrected chi connectivity index (χ0v) is 26.9. The van der Waals surface area contributed by atoms with Gasteiger partial charge >= 0.3 is 0 Å². The molecule has 0 unspecified atom stereocenters. The van der Waals surface area contributed by atoms with Gasteiger partial charge in [-0.1, -0.05) is 68.8 Å². The van der Waals surface area contributed by atoms with Crippen LogP contribution in [0.5, 0.6) is 5.75 Å². The Kier molecular flexibility index (Phi) is 11.7. The molecule has 3 aromatic rings. The molecule has 0 radical (unpaired) electrons. The summed E-state index contributed by atoms with van der Waals surface area (Å²) >= 11 is 6.27. The number of hydrogen-bond acceptors (Lipinski definition) is 7. The number of benzene rings is 3. The van der Waals surface area contributed by atoms with Crippen molar-refractivity contribution in [1.29, 1.82) is 0 Å². The SMILES string of the molecule is CC[C@@H](C(=O)NCC(C)C)N(Cc1ccccc1)C(=O)CN(c1cc(Cl)ccc1OC)S(=O)(=O)c1ccc(C)c([N+](=O)[O-])c1. The Labute approximate surface area is 263 Å². The summed E-state index contributed by atoms with van der Waals surface area (Å²) in [5.41, 5.74) is 0.562. The quantitative estimate of drug-likeness (QED) is 0.185. The number of anilines is 1. The van der Waals surface area contributed by atoms with E-state index in [1.165, 1.54) is 49.3 Å². The second kappa shape index (κ2) is 15.0. The molecule has 1 N–H and O–H groups in total. The van der Waals surface area contributed by atoms with Gasteiger partial charge in [-0.05, 0) is 49.1 Å². The lowest BCUT2D eigenvalue weighted by molar-refractivity contribution is -0.385. The molecule has 0 saturated heterocycles. The van der Waals surface area contributed by atoms with Gasteiger partial charge in [0, 0.05) is 29.7 Å². The van der Waals surface area contributed by atoms with Crippen LogP contribution in [0.1, 0.15) is 38.3 Å². The van der Waals surface area contributed by atoms with Crippen LogP contribution in [0.25, 0.3) is 0 Å². The molecule has 2 amide bonds. The van der Waals surface area contributed by atoms with Gasteiger partial charge in [-0.3, -0.25) is 24.0 Å². The first kappa shape index (κ1) is 34.3. The Morgan fingerprint density at radius 1 is 1.07 bits per heavy atom. The molecule has 0 aliphatic heterocycles. The minimum absolute atomic E-state index is 0.0316. The smallest absolute Gasteiger partial charge is 0.273 e. The predicted octanol–water partition coefficient (Wildman–Crippen LogP) is 5.34. The number of aryl methyl sites for hydroxylation is 1. The third kappa shape index (κ3) is 8.26. The normalized spacial score (nSPS) is 12.0. The highest BCUT2D eigenvalue weighted by Gasteiger charge is 2.35. The number of carbonyl (C=O) groups is 2. The summed E-state index contributed by atoms with van der Waals surface area (Å²) in [7, 11) is -3.27. The lowest BCUT2D eigenvalue weighted by Gasteiger charge is -2.33. The number of carbonyl (C=O) groups excluding carboxylic acids is 2. The Balaban J connectivity index is 2.16. The number of nitrogens with zero attached hydrogens (tertiary/aromatic N) is 3. The average molecular weight is 645 g/mol. The lowest BCUT2D eigenvalue weighted by Crippen LogP contribution is -2.52. The molecule has 1 atom stereocenters. The summed E-state index contributed by atoms with van der Waals surface area (Å²) in [6.45, 7) is 6.84. The van der Waals surface area contributed by atoms with Gasteiger partial charge in [-0.25, -0.2) is 8.42 Å². The van der Waals surface area contributed by atoms with Crippen LogP contribution in [0.4, 0.5) is 11.4 Å². The maximum atomic E-state index is 14.2. The first-order valence-corrected chi connectivity index (χ1v) is 15.8. The van der Waals surface area contributed by atoms with E-state index in [-0.39, 0.29) is 46.8 Å². The zero-order chi connectivity index (χ0) is 32.6. The van der Waals surface area contributed by atoms with Crippen molar-refractivity contribution in [2.45, 2.75) is 51.6 Å². The Hall–Kier alpha value is -4.16. The van der Waals surface area contributed by atoms with Crippen LogP contribution in [0, 0.1) is 23.0 Å². The lowest BCUT2D eigenvalue weighted by atomic mass is 10.1. The van der Waals surface area contributed by atoms with Crippen LogP contribution < -0.4 is 14.4 Å². The second-order valence-electron chi connectivity index (χ2n) is 10.6. The maximum Gasteiger partial charge on any atom is 0.273 e. The predicted molar refractivity (Wildman–Crippen MR) is 169 cm³/mol. The number of nitrogens with one attached hydrogen (secondary N) is 1. The zero-order valence-electron chi connectivity index (χ0n) is 25.3. The maximum absolute atomic E-state index is 14.2. The number of sulfonamides is 1. The number of methoxy groups -OCH3 is 1. The molecule has 0 saturated carbocycles. The highest BCUT2D eigenvalue weighted by atomic mass is 35.5. The molecule has 0 aromatic heterocycles. The van der Waals surface area contributed by atoms with Gasteiger partial charge < -0.3 is 15.0 Å². The Bertz CT molecular complexity index is 1600. The second-order valence-corrected chi connectivity index (χ2v) is 12.9. The Morgan fingerprint density at radius 2 is 1.75 bits per heavy atom. The molecule has 0 bridgehead atoms. The summed E-state index contributed by atoms with van der Waals surface area (Å²) < 4.78 is 34.7. The monoisotopic (exact) mass is 644 g/mol. The largest absolute Gasteiger partial charge is 0.495 e. The molecular formula is C31H37ClN4O7S. The molecule has 0 heterocycles. The summed E-state index contributed by atoms with van der Waals surface area (Å²) in [5.74, 6) is -0.769. The van der Waals surface area contributed by atoms with Crippen molar-refractivity contribution in [3.63, 3.8) is 0 Å². The van der Waals surface area contributed by atoms with E-state index in [9.17, 15) is 28.1 Å². The van der Waals surface area contributed by atoms with Gasteiger partial charge in [0.05, 0.1) is 22.6 Å². The van der Waals surface area contributed by atoms with Crippen LogP contribution in [-0.2, 0) is 26.2 Å². The number of nitro groups is 1. The first-order valence-electron chi connectivity index (χ1n) is 14.0. The van der Waals surface area contributed by atoms with Gasteiger partial charge in [0.1, 0.15) is 18.3 Å². The van der Waals surface area contributed by atoms with Crippen molar-refractivity contribution in [2.75, 3.05) is 24.5 Å². The summed E-state index contributed by atoms with van der Waals surface area (Å²) in [6, 6.07) is 15.9. The van der Waals surface area contributed by atoms with Crippen LogP contribution >= 0.6 is 11.6 Å². The number of nitro benzene ring substituents is 1. The minimum Gasteiger partial charge on any atom is -0.495 e. The summed E-state index contributed by atoms with van der Waals surface area (Å²) in [5, 5.41) is 14.7. The van der Waals surface area contributed by atoms with Crippen molar-refractivity contribution in [1.82, 2.24) is 10.2 Å². The molecule has 3 rings (SSSR count). The van der Waals surface area contributed by atoms with Gasteiger partial charge in [0.25, 0.3) is 15.7 Å².